The van der Waals surface area contributed by atoms with E-state index in [0.717, 1.165) is 28.1 Å². The Morgan fingerprint density at radius 2 is 2.37 bits per heavy atom. The number of nitrogens with zero attached hydrogens (tertiary/aromatic N) is 2. The number of alkyl halides is 1. The fraction of sp³-hybridized carbons (Fsp3) is 0.667. The van der Waals surface area contributed by atoms with E-state index >= 15 is 0 Å². The Morgan fingerprint density at radius 1 is 1.63 bits per heavy atom. The highest BCUT2D eigenvalue weighted by atomic mass is 35.5. The maximum absolute atomic E-state index is 12.6. The second kappa shape index (κ2) is 8.45. The minimum absolute atomic E-state index is 0.528. The average Bonchev–Trinajstić information content (AvgIpc) is 2.87. The Bertz CT molecular complexity index is 383. The summed E-state index contributed by atoms with van der Waals surface area (Å²) in [6.07, 6.45) is 0.649. The van der Waals surface area contributed by atoms with Crippen molar-refractivity contribution in [3.8, 4) is 0 Å². The summed E-state index contributed by atoms with van der Waals surface area (Å²) in [7, 11) is 0. The molecule has 7 heteroatoms. The van der Waals surface area contributed by atoms with Gasteiger partial charge in [0.2, 0.25) is 6.41 Å². The Morgan fingerprint density at radius 3 is 2.74 bits per heavy atom. The topological polar surface area (TPSA) is 45.2 Å². The summed E-state index contributed by atoms with van der Waals surface area (Å²) in [4.78, 5) is 16.0. The minimum Gasteiger partial charge on any atom is -0.357 e. The maximum Gasteiger partial charge on any atom is 0.207 e. The van der Waals surface area contributed by atoms with Crippen LogP contribution in [0.25, 0.3) is 0 Å². The fourth-order valence-electron chi connectivity index (χ4n) is 1.78. The first-order chi connectivity index (χ1) is 9.02. The van der Waals surface area contributed by atoms with Gasteiger partial charge in [0.25, 0.3) is 0 Å². The highest BCUT2D eigenvalue weighted by Crippen LogP contribution is 2.21. The first-order valence-corrected chi connectivity index (χ1v) is 7.35. The fourth-order valence-corrected chi connectivity index (χ4v) is 2.79. The van der Waals surface area contributed by atoms with Gasteiger partial charge in [0.15, 0.2) is 0 Å². The van der Waals surface area contributed by atoms with Crippen molar-refractivity contribution >= 4 is 29.3 Å². The van der Waals surface area contributed by atoms with Crippen molar-refractivity contribution in [3.63, 3.8) is 0 Å². The zero-order valence-electron chi connectivity index (χ0n) is 11.2. The molecule has 1 atom stereocenters. The number of hydrogen-bond donors (Lipinski definition) is 1. The third-order valence-corrected chi connectivity index (χ3v) is 4.08. The molecule has 0 saturated carbocycles. The van der Waals surface area contributed by atoms with Gasteiger partial charge in [-0.1, -0.05) is 11.6 Å². The van der Waals surface area contributed by atoms with Gasteiger partial charge in [-0.25, -0.2) is 9.37 Å². The molecule has 2 rings (SSSR count). The molecule has 1 aliphatic heterocycles. The molecular formula is C12H19ClFN3OS. The van der Waals surface area contributed by atoms with Gasteiger partial charge < -0.3 is 5.32 Å². The Balaban J connectivity index is 0.000000200. The maximum atomic E-state index is 12.6. The number of amides is 1. The molecular weight excluding hydrogens is 289 g/mol. The summed E-state index contributed by atoms with van der Waals surface area (Å²) in [5.74, 6) is 0. The van der Waals surface area contributed by atoms with Crippen molar-refractivity contribution in [1.29, 1.82) is 0 Å². The number of carbonyl (C=O) groups is 1. The Hall–Kier alpha value is -0.720. The standard InChI is InChI=1S/C7H13FN2O.C5H6ClNS/c8-7-1-3-10(5-7)4-2-9-6-11;1-3-5(6)8-4(2)7-3/h6-7H,1-5H2,(H,9,11);1-2H3. The number of thiazole rings is 1. The molecule has 1 saturated heterocycles. The van der Waals surface area contributed by atoms with Crippen LogP contribution in [0.1, 0.15) is 17.1 Å². The van der Waals surface area contributed by atoms with Gasteiger partial charge in [0.1, 0.15) is 10.5 Å². The van der Waals surface area contributed by atoms with E-state index < -0.39 is 6.17 Å². The van der Waals surface area contributed by atoms with E-state index in [4.69, 9.17) is 11.6 Å². The number of rotatable bonds is 4. The van der Waals surface area contributed by atoms with Crippen molar-refractivity contribution < 1.29 is 9.18 Å². The molecule has 1 amide bonds. The molecule has 4 nitrogen and oxygen atoms in total. The van der Waals surface area contributed by atoms with Crippen molar-refractivity contribution in [3.05, 3.63) is 15.0 Å². The van der Waals surface area contributed by atoms with E-state index in [2.05, 4.69) is 10.3 Å². The van der Waals surface area contributed by atoms with E-state index in [1.165, 1.54) is 11.3 Å². The quantitative estimate of drug-likeness (QED) is 0.685. The number of halogens is 2. The van der Waals surface area contributed by atoms with Crippen molar-refractivity contribution in [2.45, 2.75) is 26.4 Å². The lowest BCUT2D eigenvalue weighted by atomic mass is 10.3. The normalized spacial score (nSPS) is 18.8. The summed E-state index contributed by atoms with van der Waals surface area (Å²) in [5, 5.41) is 3.58. The summed E-state index contributed by atoms with van der Waals surface area (Å²) >= 11 is 7.21. The van der Waals surface area contributed by atoms with Crippen LogP contribution < -0.4 is 5.32 Å². The largest absolute Gasteiger partial charge is 0.357 e. The minimum atomic E-state index is -0.661. The van der Waals surface area contributed by atoms with Gasteiger partial charge in [-0.05, 0) is 20.3 Å². The second-order valence-corrected chi connectivity index (χ2v) is 6.16. The van der Waals surface area contributed by atoms with Crippen LogP contribution in [0.3, 0.4) is 0 Å². The number of aromatic nitrogens is 1. The third-order valence-electron chi connectivity index (χ3n) is 2.72. The summed E-state index contributed by atoms with van der Waals surface area (Å²) in [6, 6.07) is 0. The molecule has 0 bridgehead atoms. The zero-order valence-corrected chi connectivity index (χ0v) is 12.7. The first kappa shape index (κ1) is 16.3. The number of nitrogens with one attached hydrogen (secondary N) is 1. The predicted molar refractivity (Wildman–Crippen MR) is 76.6 cm³/mol. The molecule has 108 valence electrons. The molecule has 0 radical (unpaired) electrons. The highest BCUT2D eigenvalue weighted by molar-refractivity contribution is 7.15. The zero-order chi connectivity index (χ0) is 14.3. The monoisotopic (exact) mass is 307 g/mol. The van der Waals surface area contributed by atoms with Crippen molar-refractivity contribution in [1.82, 2.24) is 15.2 Å². The van der Waals surface area contributed by atoms with Crippen LogP contribution in [0.4, 0.5) is 4.39 Å². The lowest BCUT2D eigenvalue weighted by molar-refractivity contribution is -0.109. The van der Waals surface area contributed by atoms with Crippen LogP contribution in [-0.4, -0.2) is 48.6 Å². The Kier molecular flexibility index (Phi) is 7.27. The molecule has 0 spiro atoms. The third kappa shape index (κ3) is 6.31. The Labute approximate surface area is 122 Å². The van der Waals surface area contributed by atoms with Gasteiger partial charge >= 0.3 is 0 Å². The van der Waals surface area contributed by atoms with Gasteiger partial charge in [-0.15, -0.1) is 11.3 Å². The number of carbonyl (C=O) groups excluding carboxylic acids is 1. The molecule has 1 aromatic heterocycles. The lowest BCUT2D eigenvalue weighted by Crippen LogP contribution is -2.30. The average molecular weight is 308 g/mol. The molecule has 1 aliphatic rings. The predicted octanol–water partition coefficient (Wildman–Crippen LogP) is 2.19. The summed E-state index contributed by atoms with van der Waals surface area (Å²) in [5.41, 5.74) is 0.939. The number of hydrogen-bond acceptors (Lipinski definition) is 4. The van der Waals surface area contributed by atoms with E-state index in [9.17, 15) is 9.18 Å². The van der Waals surface area contributed by atoms with Crippen LogP contribution in [0, 0.1) is 13.8 Å². The lowest BCUT2D eigenvalue weighted by Gasteiger charge is -2.12. The molecule has 2 heterocycles. The van der Waals surface area contributed by atoms with Crippen LogP contribution in [-0.2, 0) is 4.79 Å². The highest BCUT2D eigenvalue weighted by Gasteiger charge is 2.20. The summed E-state index contributed by atoms with van der Waals surface area (Å²) < 4.78 is 13.4. The van der Waals surface area contributed by atoms with E-state index in [-0.39, 0.29) is 0 Å². The molecule has 1 fully saturated rings. The van der Waals surface area contributed by atoms with Gasteiger partial charge in [-0.2, -0.15) is 0 Å². The molecule has 19 heavy (non-hydrogen) atoms. The van der Waals surface area contributed by atoms with Crippen molar-refractivity contribution in [2.75, 3.05) is 26.2 Å². The van der Waals surface area contributed by atoms with Crippen LogP contribution in [0.5, 0.6) is 0 Å². The molecule has 1 unspecified atom stereocenters. The molecule has 1 aromatic rings. The van der Waals surface area contributed by atoms with Crippen LogP contribution >= 0.6 is 22.9 Å². The second-order valence-electron chi connectivity index (χ2n) is 4.35. The SMILES string of the molecule is Cc1nc(C)c(Cl)s1.O=CNCCN1CCC(F)C1. The number of likely N-dealkylation sites (tertiary alicyclic amines) is 1. The molecule has 1 N–H and O–H groups in total. The van der Waals surface area contributed by atoms with Gasteiger partial charge in [-0.3, -0.25) is 9.69 Å². The van der Waals surface area contributed by atoms with E-state index in [1.54, 1.807) is 0 Å². The number of aryl methyl sites for hydroxylation is 2. The summed E-state index contributed by atoms with van der Waals surface area (Å²) in [6.45, 7) is 6.59. The molecule has 0 aliphatic carbocycles. The smallest absolute Gasteiger partial charge is 0.207 e. The first-order valence-electron chi connectivity index (χ1n) is 6.16. The molecule has 0 aromatic carbocycles. The van der Waals surface area contributed by atoms with Crippen LogP contribution in [0.15, 0.2) is 0 Å². The van der Waals surface area contributed by atoms with Gasteiger partial charge in [0.05, 0.1) is 10.7 Å². The van der Waals surface area contributed by atoms with Crippen LogP contribution in [0.2, 0.25) is 4.34 Å². The van der Waals surface area contributed by atoms with E-state index in [0.29, 0.717) is 25.9 Å². The van der Waals surface area contributed by atoms with E-state index in [1.807, 2.05) is 18.7 Å². The van der Waals surface area contributed by atoms with Gasteiger partial charge in [0, 0.05) is 26.2 Å². The van der Waals surface area contributed by atoms with Crippen molar-refractivity contribution in [2.24, 2.45) is 0 Å².